The minimum Gasteiger partial charge on any atom is -0.363 e. The van der Waals surface area contributed by atoms with Gasteiger partial charge in [-0.3, -0.25) is 5.32 Å². The van der Waals surface area contributed by atoms with E-state index in [-0.39, 0.29) is 0 Å². The molecule has 3 nitrogen and oxygen atoms in total. The topological polar surface area (TPSA) is 47.3 Å². The van der Waals surface area contributed by atoms with Gasteiger partial charge in [0.15, 0.2) is 0 Å². The molecule has 0 amide bonds. The van der Waals surface area contributed by atoms with Crippen molar-refractivity contribution < 1.29 is 4.74 Å². The summed E-state index contributed by atoms with van der Waals surface area (Å²) in [6, 6.07) is 0.453. The number of rotatable bonds is 3. The van der Waals surface area contributed by atoms with E-state index >= 15 is 0 Å². The van der Waals surface area contributed by atoms with Gasteiger partial charge in [-0.05, 0) is 44.4 Å². The SMILES string of the molecule is NC1CCC(CNC2CCCCO2)C1. The maximum atomic E-state index is 5.87. The van der Waals surface area contributed by atoms with E-state index in [2.05, 4.69) is 5.32 Å². The Bertz CT molecular complexity index is 164. The number of nitrogens with two attached hydrogens (primary N) is 1. The Labute approximate surface area is 86.4 Å². The molecule has 1 saturated heterocycles. The Kier molecular flexibility index (Phi) is 3.79. The lowest BCUT2D eigenvalue weighted by Gasteiger charge is -2.25. The smallest absolute Gasteiger partial charge is 0.108 e. The molecule has 0 aromatic carbocycles. The molecule has 1 aliphatic carbocycles. The molecule has 0 radical (unpaired) electrons. The van der Waals surface area contributed by atoms with Crippen LogP contribution in [0.15, 0.2) is 0 Å². The summed E-state index contributed by atoms with van der Waals surface area (Å²) in [5.41, 5.74) is 5.87. The highest BCUT2D eigenvalue weighted by molar-refractivity contribution is 4.79. The largest absolute Gasteiger partial charge is 0.363 e. The zero-order chi connectivity index (χ0) is 9.80. The molecule has 1 heterocycles. The van der Waals surface area contributed by atoms with Crippen molar-refractivity contribution >= 4 is 0 Å². The van der Waals surface area contributed by atoms with Gasteiger partial charge < -0.3 is 10.5 Å². The molecule has 3 unspecified atom stereocenters. The molecule has 0 aromatic heterocycles. The van der Waals surface area contributed by atoms with Gasteiger partial charge in [0.05, 0.1) is 0 Å². The van der Waals surface area contributed by atoms with Crippen molar-refractivity contribution in [3.8, 4) is 0 Å². The maximum Gasteiger partial charge on any atom is 0.108 e. The van der Waals surface area contributed by atoms with Crippen LogP contribution in [0, 0.1) is 5.92 Å². The molecule has 82 valence electrons. The number of nitrogens with one attached hydrogen (secondary N) is 1. The first-order chi connectivity index (χ1) is 6.84. The van der Waals surface area contributed by atoms with E-state index in [0.29, 0.717) is 12.3 Å². The number of hydrogen-bond donors (Lipinski definition) is 2. The van der Waals surface area contributed by atoms with Crippen LogP contribution < -0.4 is 11.1 Å². The van der Waals surface area contributed by atoms with Gasteiger partial charge in [0.1, 0.15) is 6.23 Å². The Morgan fingerprint density at radius 1 is 1.21 bits per heavy atom. The van der Waals surface area contributed by atoms with Crippen molar-refractivity contribution in [2.75, 3.05) is 13.2 Å². The monoisotopic (exact) mass is 198 g/mol. The highest BCUT2D eigenvalue weighted by atomic mass is 16.5. The first-order valence-electron chi connectivity index (χ1n) is 5.95. The van der Waals surface area contributed by atoms with Crippen LogP contribution in [0.25, 0.3) is 0 Å². The van der Waals surface area contributed by atoms with Gasteiger partial charge >= 0.3 is 0 Å². The molecule has 0 spiro atoms. The van der Waals surface area contributed by atoms with E-state index in [9.17, 15) is 0 Å². The van der Waals surface area contributed by atoms with Gasteiger partial charge in [0.25, 0.3) is 0 Å². The lowest BCUT2D eigenvalue weighted by Crippen LogP contribution is -2.37. The van der Waals surface area contributed by atoms with Crippen molar-refractivity contribution in [3.05, 3.63) is 0 Å². The third-order valence-electron chi connectivity index (χ3n) is 3.40. The second kappa shape index (κ2) is 5.10. The predicted octanol–water partition coefficient (Wildman–Crippen LogP) is 1.23. The van der Waals surface area contributed by atoms with Gasteiger partial charge in [-0.25, -0.2) is 0 Å². The molecule has 1 saturated carbocycles. The Balaban J connectivity index is 1.61. The number of ether oxygens (including phenoxy) is 1. The molecule has 3 heteroatoms. The zero-order valence-electron chi connectivity index (χ0n) is 8.87. The van der Waals surface area contributed by atoms with Crippen molar-refractivity contribution in [3.63, 3.8) is 0 Å². The molecular formula is C11H22N2O. The maximum absolute atomic E-state index is 5.87. The minimum atomic E-state index is 0.320. The fourth-order valence-electron chi connectivity index (χ4n) is 2.50. The zero-order valence-corrected chi connectivity index (χ0v) is 8.87. The lowest BCUT2D eigenvalue weighted by atomic mass is 10.1. The molecule has 0 bridgehead atoms. The van der Waals surface area contributed by atoms with Gasteiger partial charge in [0.2, 0.25) is 0 Å². The van der Waals surface area contributed by atoms with E-state index in [0.717, 1.165) is 19.1 Å². The van der Waals surface area contributed by atoms with E-state index in [1.54, 1.807) is 0 Å². The summed E-state index contributed by atoms with van der Waals surface area (Å²) in [7, 11) is 0. The average Bonchev–Trinajstić information content (AvgIpc) is 2.63. The van der Waals surface area contributed by atoms with Crippen LogP contribution in [0.3, 0.4) is 0 Å². The summed E-state index contributed by atoms with van der Waals surface area (Å²) >= 11 is 0. The molecule has 2 fully saturated rings. The molecule has 3 atom stereocenters. The minimum absolute atomic E-state index is 0.320. The van der Waals surface area contributed by atoms with Crippen molar-refractivity contribution in [2.24, 2.45) is 11.7 Å². The van der Waals surface area contributed by atoms with E-state index < -0.39 is 0 Å². The Morgan fingerprint density at radius 2 is 2.14 bits per heavy atom. The Morgan fingerprint density at radius 3 is 2.79 bits per heavy atom. The molecule has 3 N–H and O–H groups in total. The van der Waals surface area contributed by atoms with Crippen LogP contribution in [0.2, 0.25) is 0 Å². The summed E-state index contributed by atoms with van der Waals surface area (Å²) in [5, 5.41) is 3.51. The highest BCUT2D eigenvalue weighted by Crippen LogP contribution is 2.23. The predicted molar refractivity (Wildman–Crippen MR) is 56.9 cm³/mol. The van der Waals surface area contributed by atoms with Crippen LogP contribution in [-0.2, 0) is 4.74 Å². The summed E-state index contributed by atoms with van der Waals surface area (Å²) in [6.07, 6.45) is 7.73. The van der Waals surface area contributed by atoms with Crippen molar-refractivity contribution in [1.29, 1.82) is 0 Å². The molecule has 0 aromatic rings. The fourth-order valence-corrected chi connectivity index (χ4v) is 2.50. The molecule has 1 aliphatic heterocycles. The van der Waals surface area contributed by atoms with E-state index in [1.165, 1.54) is 38.5 Å². The molecule has 14 heavy (non-hydrogen) atoms. The van der Waals surface area contributed by atoms with Gasteiger partial charge in [-0.2, -0.15) is 0 Å². The molecular weight excluding hydrogens is 176 g/mol. The van der Waals surface area contributed by atoms with E-state index in [1.807, 2.05) is 0 Å². The third-order valence-corrected chi connectivity index (χ3v) is 3.40. The lowest BCUT2D eigenvalue weighted by molar-refractivity contribution is -0.00722. The van der Waals surface area contributed by atoms with Gasteiger partial charge in [0, 0.05) is 19.2 Å². The number of hydrogen-bond acceptors (Lipinski definition) is 3. The summed E-state index contributed by atoms with van der Waals surface area (Å²) in [6.45, 7) is 2.03. The van der Waals surface area contributed by atoms with E-state index in [4.69, 9.17) is 10.5 Å². The first kappa shape index (κ1) is 10.4. The van der Waals surface area contributed by atoms with Gasteiger partial charge in [-0.1, -0.05) is 0 Å². The highest BCUT2D eigenvalue weighted by Gasteiger charge is 2.22. The van der Waals surface area contributed by atoms with Crippen LogP contribution in [-0.4, -0.2) is 25.4 Å². The normalized spacial score (nSPS) is 38.8. The molecule has 2 rings (SSSR count). The second-order valence-corrected chi connectivity index (χ2v) is 4.70. The first-order valence-corrected chi connectivity index (χ1v) is 5.95. The van der Waals surface area contributed by atoms with Crippen LogP contribution >= 0.6 is 0 Å². The summed E-state index contributed by atoms with van der Waals surface area (Å²) in [5.74, 6) is 0.788. The van der Waals surface area contributed by atoms with Crippen LogP contribution in [0.5, 0.6) is 0 Å². The van der Waals surface area contributed by atoms with Crippen LogP contribution in [0.4, 0.5) is 0 Å². The quantitative estimate of drug-likeness (QED) is 0.717. The van der Waals surface area contributed by atoms with Crippen LogP contribution in [0.1, 0.15) is 38.5 Å². The third kappa shape index (κ3) is 2.94. The fraction of sp³-hybridized carbons (Fsp3) is 1.00. The summed E-state index contributed by atoms with van der Waals surface area (Å²) < 4.78 is 5.62. The average molecular weight is 198 g/mol. The Hall–Kier alpha value is -0.120. The molecule has 2 aliphatic rings. The van der Waals surface area contributed by atoms with Crippen molar-refractivity contribution in [1.82, 2.24) is 5.32 Å². The standard InChI is InChI=1S/C11H22N2O/c12-10-5-4-9(7-10)8-13-11-3-1-2-6-14-11/h9-11,13H,1-8,12H2. The van der Waals surface area contributed by atoms with Gasteiger partial charge in [-0.15, -0.1) is 0 Å². The summed E-state index contributed by atoms with van der Waals surface area (Å²) in [4.78, 5) is 0. The second-order valence-electron chi connectivity index (χ2n) is 4.70. The van der Waals surface area contributed by atoms with Crippen molar-refractivity contribution in [2.45, 2.75) is 50.8 Å².